The molecule has 0 aliphatic carbocycles. The van der Waals surface area contributed by atoms with Gasteiger partial charge in [-0.25, -0.2) is 4.39 Å². The third-order valence-electron chi connectivity index (χ3n) is 2.55. The lowest BCUT2D eigenvalue weighted by Crippen LogP contribution is -2.36. The van der Waals surface area contributed by atoms with E-state index in [9.17, 15) is 4.39 Å². The molecule has 2 rings (SSSR count). The van der Waals surface area contributed by atoms with Crippen LogP contribution < -0.4 is 0 Å². The third kappa shape index (κ3) is 1.89. The van der Waals surface area contributed by atoms with Crippen LogP contribution in [0.5, 0.6) is 0 Å². The number of likely N-dealkylation sites (tertiary alicyclic amines) is 1. The Morgan fingerprint density at radius 2 is 2.15 bits per heavy atom. The van der Waals surface area contributed by atoms with Crippen LogP contribution in [0.15, 0.2) is 18.2 Å². The van der Waals surface area contributed by atoms with Crippen molar-refractivity contribution in [2.45, 2.75) is 19.9 Å². The van der Waals surface area contributed by atoms with E-state index in [0.717, 1.165) is 30.8 Å². The zero-order valence-corrected chi connectivity index (χ0v) is 7.89. The molecule has 0 spiro atoms. The van der Waals surface area contributed by atoms with E-state index < -0.39 is 0 Å². The quantitative estimate of drug-likeness (QED) is 0.673. The highest BCUT2D eigenvalue weighted by Gasteiger charge is 2.15. The molecule has 0 N–H and O–H groups in total. The maximum absolute atomic E-state index is 13.3. The maximum Gasteiger partial charge on any atom is 0.127 e. The van der Waals surface area contributed by atoms with E-state index in [2.05, 4.69) is 4.90 Å². The predicted octanol–water partition coefficient (Wildman–Crippen LogP) is 2.34. The van der Waals surface area contributed by atoms with Crippen LogP contribution in [0.2, 0.25) is 0 Å². The van der Waals surface area contributed by atoms with E-state index in [1.54, 1.807) is 6.07 Å². The van der Waals surface area contributed by atoms with E-state index in [-0.39, 0.29) is 5.82 Å². The van der Waals surface area contributed by atoms with Gasteiger partial charge in [-0.1, -0.05) is 12.1 Å². The van der Waals surface area contributed by atoms with E-state index in [1.165, 1.54) is 6.42 Å². The molecule has 1 aromatic carbocycles. The lowest BCUT2D eigenvalue weighted by molar-refractivity contribution is 0.170. The zero-order chi connectivity index (χ0) is 9.26. The Kier molecular flexibility index (Phi) is 2.32. The first kappa shape index (κ1) is 8.70. The first-order valence-corrected chi connectivity index (χ1v) is 4.73. The average molecular weight is 179 g/mol. The van der Waals surface area contributed by atoms with Crippen LogP contribution in [0.25, 0.3) is 0 Å². The number of benzene rings is 1. The molecule has 1 fully saturated rings. The largest absolute Gasteiger partial charge is 0.299 e. The minimum absolute atomic E-state index is 0.0631. The molecule has 1 aromatic rings. The molecule has 1 aliphatic rings. The second-order valence-electron chi connectivity index (χ2n) is 3.72. The third-order valence-corrected chi connectivity index (χ3v) is 2.55. The van der Waals surface area contributed by atoms with Crippen molar-refractivity contribution >= 4 is 0 Å². The molecule has 0 saturated carbocycles. The van der Waals surface area contributed by atoms with Crippen molar-refractivity contribution in [2.75, 3.05) is 13.1 Å². The smallest absolute Gasteiger partial charge is 0.127 e. The number of halogens is 1. The molecule has 0 amide bonds. The first-order valence-electron chi connectivity index (χ1n) is 4.73. The van der Waals surface area contributed by atoms with Gasteiger partial charge in [-0.05, 0) is 38.1 Å². The second-order valence-corrected chi connectivity index (χ2v) is 3.72. The Labute approximate surface area is 78.2 Å². The first-order chi connectivity index (χ1) is 6.25. The van der Waals surface area contributed by atoms with Crippen molar-refractivity contribution < 1.29 is 4.39 Å². The van der Waals surface area contributed by atoms with E-state index in [4.69, 9.17) is 0 Å². The van der Waals surface area contributed by atoms with Crippen molar-refractivity contribution in [2.24, 2.45) is 0 Å². The fraction of sp³-hybridized carbons (Fsp3) is 0.455. The Morgan fingerprint density at radius 1 is 1.38 bits per heavy atom. The highest BCUT2D eigenvalue weighted by atomic mass is 19.1. The fourth-order valence-corrected chi connectivity index (χ4v) is 1.56. The standard InChI is InChI=1S/C11H14FN/c1-9-3-4-10(11(12)7-9)8-13-5-2-6-13/h3-4,7H,2,5-6,8H2,1H3. The molecule has 1 aliphatic heterocycles. The summed E-state index contributed by atoms with van der Waals surface area (Å²) in [5, 5.41) is 0. The molecule has 0 radical (unpaired) electrons. The highest BCUT2D eigenvalue weighted by molar-refractivity contribution is 5.23. The van der Waals surface area contributed by atoms with Gasteiger partial charge < -0.3 is 0 Å². The van der Waals surface area contributed by atoms with Gasteiger partial charge in [-0.3, -0.25) is 4.90 Å². The molecule has 0 bridgehead atoms. The Balaban J connectivity index is 2.10. The lowest BCUT2D eigenvalue weighted by atomic mass is 10.1. The molecule has 0 unspecified atom stereocenters. The maximum atomic E-state index is 13.3. The molecule has 70 valence electrons. The molecule has 1 saturated heterocycles. The van der Waals surface area contributed by atoms with Crippen molar-refractivity contribution in [3.63, 3.8) is 0 Å². The van der Waals surface area contributed by atoms with Crippen molar-refractivity contribution in [1.82, 2.24) is 4.90 Å². The Morgan fingerprint density at radius 3 is 2.69 bits per heavy atom. The zero-order valence-electron chi connectivity index (χ0n) is 7.89. The molecular weight excluding hydrogens is 165 g/mol. The van der Waals surface area contributed by atoms with Crippen LogP contribution in [0.3, 0.4) is 0 Å². The number of hydrogen-bond donors (Lipinski definition) is 0. The minimum atomic E-state index is -0.0631. The van der Waals surface area contributed by atoms with Gasteiger partial charge in [0.1, 0.15) is 5.82 Å². The van der Waals surface area contributed by atoms with Gasteiger partial charge in [0.2, 0.25) is 0 Å². The number of nitrogens with zero attached hydrogens (tertiary/aromatic N) is 1. The summed E-state index contributed by atoms with van der Waals surface area (Å²) in [4.78, 5) is 2.26. The van der Waals surface area contributed by atoms with Gasteiger partial charge >= 0.3 is 0 Å². The van der Waals surface area contributed by atoms with Crippen molar-refractivity contribution in [3.05, 3.63) is 35.1 Å². The Hall–Kier alpha value is -0.890. The van der Waals surface area contributed by atoms with Crippen LogP contribution >= 0.6 is 0 Å². The summed E-state index contributed by atoms with van der Waals surface area (Å²) in [7, 11) is 0. The lowest BCUT2D eigenvalue weighted by Gasteiger charge is -2.30. The summed E-state index contributed by atoms with van der Waals surface area (Å²) in [5.41, 5.74) is 1.81. The number of hydrogen-bond acceptors (Lipinski definition) is 1. The molecule has 0 aromatic heterocycles. The summed E-state index contributed by atoms with van der Waals surface area (Å²) in [6.45, 7) is 4.92. The molecule has 1 heterocycles. The molecule has 1 nitrogen and oxygen atoms in total. The van der Waals surface area contributed by atoms with Crippen LogP contribution in [0.4, 0.5) is 4.39 Å². The van der Waals surface area contributed by atoms with Gasteiger partial charge in [-0.2, -0.15) is 0 Å². The topological polar surface area (TPSA) is 3.24 Å². The summed E-state index contributed by atoms with van der Waals surface area (Å²) in [6.07, 6.45) is 1.26. The second kappa shape index (κ2) is 3.46. The predicted molar refractivity (Wildman–Crippen MR) is 51.0 cm³/mol. The molecule has 0 atom stereocenters. The van der Waals surface area contributed by atoms with Gasteiger partial charge in [0.15, 0.2) is 0 Å². The van der Waals surface area contributed by atoms with Crippen LogP contribution in [0, 0.1) is 12.7 Å². The van der Waals surface area contributed by atoms with E-state index >= 15 is 0 Å². The summed E-state index contributed by atoms with van der Waals surface area (Å²) in [6, 6.07) is 5.47. The van der Waals surface area contributed by atoms with E-state index in [0.29, 0.717) is 0 Å². The number of rotatable bonds is 2. The normalized spacial score (nSPS) is 17.1. The highest BCUT2D eigenvalue weighted by Crippen LogP contribution is 2.15. The van der Waals surface area contributed by atoms with Crippen molar-refractivity contribution in [3.8, 4) is 0 Å². The SMILES string of the molecule is Cc1ccc(CN2CCC2)c(F)c1. The molecule has 2 heteroatoms. The van der Waals surface area contributed by atoms with Crippen LogP contribution in [0.1, 0.15) is 17.5 Å². The fourth-order valence-electron chi connectivity index (χ4n) is 1.56. The summed E-state index contributed by atoms with van der Waals surface area (Å²) < 4.78 is 13.3. The average Bonchev–Trinajstić information content (AvgIpc) is 1.99. The summed E-state index contributed by atoms with van der Waals surface area (Å²) >= 11 is 0. The van der Waals surface area contributed by atoms with Crippen LogP contribution in [-0.2, 0) is 6.54 Å². The van der Waals surface area contributed by atoms with E-state index in [1.807, 2.05) is 19.1 Å². The van der Waals surface area contributed by atoms with Crippen LogP contribution in [-0.4, -0.2) is 18.0 Å². The molecule has 13 heavy (non-hydrogen) atoms. The Bertz CT molecular complexity index is 305. The van der Waals surface area contributed by atoms with Gasteiger partial charge in [0.05, 0.1) is 0 Å². The van der Waals surface area contributed by atoms with Gasteiger partial charge in [0, 0.05) is 12.1 Å². The van der Waals surface area contributed by atoms with Crippen molar-refractivity contribution in [1.29, 1.82) is 0 Å². The molecular formula is C11H14FN. The summed E-state index contributed by atoms with van der Waals surface area (Å²) in [5.74, 6) is -0.0631. The number of aryl methyl sites for hydroxylation is 1. The monoisotopic (exact) mass is 179 g/mol. The van der Waals surface area contributed by atoms with Gasteiger partial charge in [0.25, 0.3) is 0 Å². The minimum Gasteiger partial charge on any atom is -0.299 e. The van der Waals surface area contributed by atoms with Gasteiger partial charge in [-0.15, -0.1) is 0 Å².